The standard InChI is InChI=1S/C13H15BrN4OS/c1-3-16-12-6-15-5-10(17-12)13(19)18(2)7-9-4-11(14)20-8-9/h4-6,8H,3,7H2,1-2H3,(H,16,17). The first kappa shape index (κ1) is 14.9. The largest absolute Gasteiger partial charge is 0.369 e. The van der Waals surface area contributed by atoms with E-state index in [4.69, 9.17) is 0 Å². The lowest BCUT2D eigenvalue weighted by Crippen LogP contribution is -2.27. The quantitative estimate of drug-likeness (QED) is 0.896. The molecule has 0 aliphatic carbocycles. The van der Waals surface area contributed by atoms with Crippen LogP contribution in [0.3, 0.4) is 0 Å². The molecule has 20 heavy (non-hydrogen) atoms. The highest BCUT2D eigenvalue weighted by Crippen LogP contribution is 2.21. The molecule has 0 atom stereocenters. The molecule has 7 heteroatoms. The molecule has 0 bridgehead atoms. The van der Waals surface area contributed by atoms with Crippen molar-refractivity contribution in [2.24, 2.45) is 0 Å². The molecule has 106 valence electrons. The lowest BCUT2D eigenvalue weighted by molar-refractivity contribution is 0.0779. The Morgan fingerprint density at radius 2 is 2.30 bits per heavy atom. The van der Waals surface area contributed by atoms with Crippen LogP contribution in [0.15, 0.2) is 27.6 Å². The predicted octanol–water partition coefficient (Wildman–Crippen LogP) is 3.00. The van der Waals surface area contributed by atoms with E-state index in [1.54, 1.807) is 29.5 Å². The van der Waals surface area contributed by atoms with Crippen molar-refractivity contribution in [1.82, 2.24) is 14.9 Å². The van der Waals surface area contributed by atoms with Crippen LogP contribution in [-0.4, -0.2) is 34.4 Å². The fourth-order valence-corrected chi connectivity index (χ4v) is 2.91. The minimum Gasteiger partial charge on any atom is -0.369 e. The van der Waals surface area contributed by atoms with Crippen molar-refractivity contribution in [3.05, 3.63) is 38.9 Å². The summed E-state index contributed by atoms with van der Waals surface area (Å²) in [4.78, 5) is 22.2. The number of nitrogens with one attached hydrogen (secondary N) is 1. The maximum absolute atomic E-state index is 12.3. The van der Waals surface area contributed by atoms with Crippen LogP contribution in [0.25, 0.3) is 0 Å². The number of hydrogen-bond donors (Lipinski definition) is 1. The van der Waals surface area contributed by atoms with E-state index in [2.05, 4.69) is 31.2 Å². The maximum atomic E-state index is 12.3. The minimum absolute atomic E-state index is 0.139. The number of nitrogens with zero attached hydrogens (tertiary/aromatic N) is 3. The van der Waals surface area contributed by atoms with Gasteiger partial charge in [0, 0.05) is 20.1 Å². The van der Waals surface area contributed by atoms with Crippen LogP contribution in [-0.2, 0) is 6.54 Å². The van der Waals surface area contributed by atoms with Gasteiger partial charge in [0.1, 0.15) is 11.5 Å². The summed E-state index contributed by atoms with van der Waals surface area (Å²) >= 11 is 5.02. The van der Waals surface area contributed by atoms with Crippen molar-refractivity contribution in [3.8, 4) is 0 Å². The molecule has 0 spiro atoms. The average molecular weight is 355 g/mol. The van der Waals surface area contributed by atoms with Crippen LogP contribution in [0.2, 0.25) is 0 Å². The zero-order valence-electron chi connectivity index (χ0n) is 11.3. The Kier molecular flexibility index (Phi) is 5.08. The van der Waals surface area contributed by atoms with Gasteiger partial charge in [0.25, 0.3) is 5.91 Å². The summed E-state index contributed by atoms with van der Waals surface area (Å²) in [5, 5.41) is 5.07. The van der Waals surface area contributed by atoms with E-state index in [-0.39, 0.29) is 5.91 Å². The molecule has 5 nitrogen and oxygen atoms in total. The third-order valence-electron chi connectivity index (χ3n) is 2.60. The number of carbonyl (C=O) groups excluding carboxylic acids is 1. The molecule has 1 amide bonds. The molecule has 0 saturated carbocycles. The normalized spacial score (nSPS) is 10.3. The number of carbonyl (C=O) groups is 1. The Hall–Kier alpha value is -1.47. The van der Waals surface area contributed by atoms with E-state index in [0.717, 1.165) is 15.9 Å². The summed E-state index contributed by atoms with van der Waals surface area (Å²) in [6, 6.07) is 2.01. The molecule has 0 aromatic carbocycles. The number of halogens is 1. The van der Waals surface area contributed by atoms with Gasteiger partial charge in [-0.2, -0.15) is 0 Å². The number of aromatic nitrogens is 2. The third kappa shape index (κ3) is 3.77. The predicted molar refractivity (Wildman–Crippen MR) is 84.0 cm³/mol. The second-order valence-electron chi connectivity index (χ2n) is 4.24. The average Bonchev–Trinajstić information content (AvgIpc) is 2.84. The van der Waals surface area contributed by atoms with Gasteiger partial charge in [-0.15, -0.1) is 11.3 Å². The smallest absolute Gasteiger partial charge is 0.274 e. The maximum Gasteiger partial charge on any atom is 0.274 e. The molecule has 0 radical (unpaired) electrons. The highest BCUT2D eigenvalue weighted by atomic mass is 79.9. The van der Waals surface area contributed by atoms with Crippen molar-refractivity contribution in [2.45, 2.75) is 13.5 Å². The minimum atomic E-state index is -0.139. The van der Waals surface area contributed by atoms with Gasteiger partial charge in [0.2, 0.25) is 0 Å². The second kappa shape index (κ2) is 6.81. The van der Waals surface area contributed by atoms with Gasteiger partial charge in [-0.3, -0.25) is 9.78 Å². The monoisotopic (exact) mass is 354 g/mol. The van der Waals surface area contributed by atoms with E-state index >= 15 is 0 Å². The first-order chi connectivity index (χ1) is 9.60. The third-order valence-corrected chi connectivity index (χ3v) is 4.15. The molecule has 2 aromatic rings. The molecule has 0 aliphatic rings. The molecular weight excluding hydrogens is 340 g/mol. The first-order valence-electron chi connectivity index (χ1n) is 6.14. The number of thiophene rings is 1. The van der Waals surface area contributed by atoms with Crippen LogP contribution in [0.4, 0.5) is 5.82 Å². The molecule has 1 N–H and O–H groups in total. The fraction of sp³-hybridized carbons (Fsp3) is 0.308. The van der Waals surface area contributed by atoms with Crippen LogP contribution in [0.5, 0.6) is 0 Å². The van der Waals surface area contributed by atoms with Crippen LogP contribution in [0.1, 0.15) is 23.0 Å². The van der Waals surface area contributed by atoms with Gasteiger partial charge >= 0.3 is 0 Å². The summed E-state index contributed by atoms with van der Waals surface area (Å²) in [5.41, 5.74) is 1.44. The van der Waals surface area contributed by atoms with Crippen LogP contribution >= 0.6 is 27.3 Å². The molecule has 0 saturated heterocycles. The molecule has 2 aromatic heterocycles. The number of rotatable bonds is 5. The Morgan fingerprint density at radius 3 is 2.95 bits per heavy atom. The summed E-state index contributed by atoms with van der Waals surface area (Å²) < 4.78 is 1.06. The van der Waals surface area contributed by atoms with E-state index in [1.807, 2.05) is 18.4 Å². The fourth-order valence-electron chi connectivity index (χ4n) is 1.71. The molecule has 2 heterocycles. The van der Waals surface area contributed by atoms with Crippen molar-refractivity contribution < 1.29 is 4.79 Å². The summed E-state index contributed by atoms with van der Waals surface area (Å²) in [5.74, 6) is 0.476. The van der Waals surface area contributed by atoms with Gasteiger partial charge in [-0.25, -0.2) is 4.98 Å². The second-order valence-corrected chi connectivity index (χ2v) is 6.53. The van der Waals surface area contributed by atoms with Crippen LogP contribution < -0.4 is 5.32 Å². The van der Waals surface area contributed by atoms with Gasteiger partial charge in [-0.1, -0.05) is 0 Å². The van der Waals surface area contributed by atoms with E-state index in [0.29, 0.717) is 18.1 Å². The molecule has 0 aliphatic heterocycles. The van der Waals surface area contributed by atoms with Gasteiger partial charge < -0.3 is 10.2 Å². The summed E-state index contributed by atoms with van der Waals surface area (Å²) in [6.45, 7) is 3.26. The zero-order valence-corrected chi connectivity index (χ0v) is 13.7. The van der Waals surface area contributed by atoms with E-state index in [1.165, 1.54) is 6.20 Å². The van der Waals surface area contributed by atoms with Crippen molar-refractivity contribution in [3.63, 3.8) is 0 Å². The Bertz CT molecular complexity index is 602. The summed E-state index contributed by atoms with van der Waals surface area (Å²) in [6.07, 6.45) is 3.10. The van der Waals surface area contributed by atoms with E-state index < -0.39 is 0 Å². The van der Waals surface area contributed by atoms with Crippen molar-refractivity contribution >= 4 is 39.0 Å². The lowest BCUT2D eigenvalue weighted by atomic mass is 10.3. The first-order valence-corrected chi connectivity index (χ1v) is 7.81. The van der Waals surface area contributed by atoms with Gasteiger partial charge in [0.05, 0.1) is 16.2 Å². The zero-order chi connectivity index (χ0) is 14.5. The van der Waals surface area contributed by atoms with Gasteiger partial charge in [-0.05, 0) is 39.9 Å². The topological polar surface area (TPSA) is 58.1 Å². The molecule has 0 fully saturated rings. The molecule has 2 rings (SSSR count). The number of anilines is 1. The highest BCUT2D eigenvalue weighted by molar-refractivity contribution is 9.11. The van der Waals surface area contributed by atoms with Crippen LogP contribution in [0, 0.1) is 0 Å². The van der Waals surface area contributed by atoms with Crippen molar-refractivity contribution in [1.29, 1.82) is 0 Å². The van der Waals surface area contributed by atoms with Gasteiger partial charge in [0.15, 0.2) is 0 Å². The van der Waals surface area contributed by atoms with Crippen molar-refractivity contribution in [2.75, 3.05) is 18.9 Å². The summed E-state index contributed by atoms with van der Waals surface area (Å²) in [7, 11) is 1.76. The lowest BCUT2D eigenvalue weighted by Gasteiger charge is -2.16. The Balaban J connectivity index is 2.07. The highest BCUT2D eigenvalue weighted by Gasteiger charge is 2.15. The number of amides is 1. The SMILES string of the molecule is CCNc1cncc(C(=O)N(C)Cc2csc(Br)c2)n1. The Labute approximate surface area is 130 Å². The molecular formula is C13H15BrN4OS. The van der Waals surface area contributed by atoms with E-state index in [9.17, 15) is 4.79 Å². The Morgan fingerprint density at radius 1 is 1.50 bits per heavy atom. The number of hydrogen-bond acceptors (Lipinski definition) is 5. The molecule has 0 unspecified atom stereocenters.